The smallest absolute Gasteiger partial charge is 0.233 e. The lowest BCUT2D eigenvalue weighted by molar-refractivity contribution is 0.267. The van der Waals surface area contributed by atoms with Crippen LogP contribution in [0.4, 0.5) is 0 Å². The van der Waals surface area contributed by atoms with Gasteiger partial charge in [0.25, 0.3) is 0 Å². The van der Waals surface area contributed by atoms with Gasteiger partial charge in [0.1, 0.15) is 17.0 Å². The summed E-state index contributed by atoms with van der Waals surface area (Å²) in [6.45, 7) is 0.263. The SMILES string of the molecule is Oc1ccc2nc(COc3ccccc3)oc2c1. The van der Waals surface area contributed by atoms with E-state index in [4.69, 9.17) is 9.15 Å². The molecule has 0 aliphatic heterocycles. The zero-order valence-electron chi connectivity index (χ0n) is 9.54. The van der Waals surface area contributed by atoms with Gasteiger partial charge in [0.15, 0.2) is 12.2 Å². The first-order valence-electron chi connectivity index (χ1n) is 5.57. The maximum atomic E-state index is 9.33. The molecular formula is C14H11NO3. The Morgan fingerprint density at radius 2 is 1.94 bits per heavy atom. The molecule has 0 bridgehead atoms. The maximum Gasteiger partial charge on any atom is 0.233 e. The van der Waals surface area contributed by atoms with Gasteiger partial charge in [-0.3, -0.25) is 0 Å². The maximum absolute atomic E-state index is 9.33. The molecule has 0 saturated heterocycles. The Bertz CT molecular complexity index is 661. The van der Waals surface area contributed by atoms with Gasteiger partial charge < -0.3 is 14.3 Å². The quantitative estimate of drug-likeness (QED) is 0.765. The summed E-state index contributed by atoms with van der Waals surface area (Å²) in [4.78, 5) is 4.27. The first kappa shape index (κ1) is 10.7. The van der Waals surface area contributed by atoms with Gasteiger partial charge in [-0.05, 0) is 24.3 Å². The van der Waals surface area contributed by atoms with Crippen LogP contribution in [-0.2, 0) is 6.61 Å². The number of para-hydroxylation sites is 1. The summed E-state index contributed by atoms with van der Waals surface area (Å²) in [5.41, 5.74) is 1.26. The van der Waals surface area contributed by atoms with E-state index in [0.29, 0.717) is 17.0 Å². The van der Waals surface area contributed by atoms with Crippen LogP contribution in [0, 0.1) is 0 Å². The van der Waals surface area contributed by atoms with Crippen LogP contribution >= 0.6 is 0 Å². The monoisotopic (exact) mass is 241 g/mol. The topological polar surface area (TPSA) is 55.5 Å². The van der Waals surface area contributed by atoms with E-state index in [9.17, 15) is 5.11 Å². The number of fused-ring (bicyclic) bond motifs is 1. The normalized spacial score (nSPS) is 10.7. The number of aromatic nitrogens is 1. The molecule has 1 N–H and O–H groups in total. The van der Waals surface area contributed by atoms with Crippen molar-refractivity contribution in [3.8, 4) is 11.5 Å². The lowest BCUT2D eigenvalue weighted by Gasteiger charge is -2.01. The van der Waals surface area contributed by atoms with Gasteiger partial charge in [-0.15, -0.1) is 0 Å². The molecule has 2 aromatic carbocycles. The van der Waals surface area contributed by atoms with Gasteiger partial charge in [0, 0.05) is 6.07 Å². The molecule has 0 unspecified atom stereocenters. The fourth-order valence-electron chi connectivity index (χ4n) is 1.68. The molecule has 0 fully saturated rings. The molecule has 0 amide bonds. The number of phenolic OH excluding ortho intramolecular Hbond substituents is 1. The highest BCUT2D eigenvalue weighted by Gasteiger charge is 2.06. The van der Waals surface area contributed by atoms with Gasteiger partial charge in [-0.2, -0.15) is 0 Å². The Morgan fingerprint density at radius 1 is 1.11 bits per heavy atom. The second kappa shape index (κ2) is 4.41. The fourth-order valence-corrected chi connectivity index (χ4v) is 1.68. The molecule has 0 saturated carbocycles. The predicted molar refractivity (Wildman–Crippen MR) is 66.4 cm³/mol. The number of phenols is 1. The van der Waals surface area contributed by atoms with Gasteiger partial charge in [0.2, 0.25) is 5.89 Å². The third-order valence-electron chi connectivity index (χ3n) is 2.52. The highest BCUT2D eigenvalue weighted by Crippen LogP contribution is 2.21. The van der Waals surface area contributed by atoms with Crippen molar-refractivity contribution in [3.63, 3.8) is 0 Å². The first-order chi connectivity index (χ1) is 8.81. The van der Waals surface area contributed by atoms with E-state index in [1.54, 1.807) is 12.1 Å². The zero-order chi connectivity index (χ0) is 12.4. The second-order valence-corrected chi connectivity index (χ2v) is 3.86. The average molecular weight is 241 g/mol. The lowest BCUT2D eigenvalue weighted by atomic mass is 10.3. The summed E-state index contributed by atoms with van der Waals surface area (Å²) in [6, 6.07) is 14.3. The summed E-state index contributed by atoms with van der Waals surface area (Å²) in [7, 11) is 0. The minimum absolute atomic E-state index is 0.161. The van der Waals surface area contributed by atoms with Crippen molar-refractivity contribution in [1.29, 1.82) is 0 Å². The summed E-state index contributed by atoms with van der Waals surface area (Å²) in [5, 5.41) is 9.33. The Morgan fingerprint density at radius 3 is 2.78 bits per heavy atom. The van der Waals surface area contributed by atoms with Crippen molar-refractivity contribution >= 4 is 11.1 Å². The molecule has 0 atom stereocenters. The fraction of sp³-hybridized carbons (Fsp3) is 0.0714. The number of hydrogen-bond acceptors (Lipinski definition) is 4. The van der Waals surface area contributed by atoms with Crippen molar-refractivity contribution in [2.45, 2.75) is 6.61 Å². The molecule has 3 aromatic rings. The molecule has 0 aliphatic rings. The van der Waals surface area contributed by atoms with Gasteiger partial charge in [-0.1, -0.05) is 18.2 Å². The molecule has 3 rings (SSSR count). The molecule has 18 heavy (non-hydrogen) atoms. The number of ether oxygens (including phenoxy) is 1. The van der Waals surface area contributed by atoms with Crippen LogP contribution in [0.1, 0.15) is 5.89 Å². The third kappa shape index (κ3) is 2.13. The van der Waals surface area contributed by atoms with Crippen molar-refractivity contribution in [2.75, 3.05) is 0 Å². The van der Waals surface area contributed by atoms with Crippen LogP contribution in [0.3, 0.4) is 0 Å². The van der Waals surface area contributed by atoms with E-state index in [1.165, 1.54) is 6.07 Å². The van der Waals surface area contributed by atoms with Crippen LogP contribution in [0.25, 0.3) is 11.1 Å². The Labute approximate surface area is 103 Å². The molecular weight excluding hydrogens is 230 g/mol. The number of nitrogens with zero attached hydrogens (tertiary/aromatic N) is 1. The Hall–Kier alpha value is -2.49. The van der Waals surface area contributed by atoms with E-state index in [2.05, 4.69) is 4.98 Å². The molecule has 0 radical (unpaired) electrons. The predicted octanol–water partition coefficient (Wildman–Crippen LogP) is 3.11. The highest BCUT2D eigenvalue weighted by molar-refractivity contribution is 5.74. The van der Waals surface area contributed by atoms with Crippen LogP contribution in [-0.4, -0.2) is 10.1 Å². The Kier molecular flexibility index (Phi) is 2.61. The summed E-state index contributed by atoms with van der Waals surface area (Å²) >= 11 is 0. The van der Waals surface area contributed by atoms with Crippen LogP contribution in [0.15, 0.2) is 52.9 Å². The van der Waals surface area contributed by atoms with Crippen molar-refractivity contribution < 1.29 is 14.3 Å². The zero-order valence-corrected chi connectivity index (χ0v) is 9.54. The largest absolute Gasteiger partial charge is 0.508 e. The number of benzene rings is 2. The molecule has 90 valence electrons. The van der Waals surface area contributed by atoms with Crippen molar-refractivity contribution in [1.82, 2.24) is 4.98 Å². The lowest BCUT2D eigenvalue weighted by Crippen LogP contribution is -1.94. The molecule has 0 aliphatic carbocycles. The van der Waals surface area contributed by atoms with E-state index in [0.717, 1.165) is 5.75 Å². The number of hydrogen-bond donors (Lipinski definition) is 1. The van der Waals surface area contributed by atoms with Crippen LogP contribution in [0.2, 0.25) is 0 Å². The standard InChI is InChI=1S/C14H11NO3/c16-10-6-7-12-13(8-10)18-14(15-12)9-17-11-4-2-1-3-5-11/h1-8,16H,9H2. The van der Waals surface area contributed by atoms with E-state index >= 15 is 0 Å². The molecule has 0 spiro atoms. The summed E-state index contributed by atoms with van der Waals surface area (Å²) < 4.78 is 11.0. The van der Waals surface area contributed by atoms with E-state index in [-0.39, 0.29) is 12.4 Å². The second-order valence-electron chi connectivity index (χ2n) is 3.86. The van der Waals surface area contributed by atoms with Gasteiger partial charge >= 0.3 is 0 Å². The summed E-state index contributed by atoms with van der Waals surface area (Å²) in [5.74, 6) is 1.41. The number of oxazole rings is 1. The van der Waals surface area contributed by atoms with E-state index in [1.807, 2.05) is 30.3 Å². The minimum Gasteiger partial charge on any atom is -0.508 e. The van der Waals surface area contributed by atoms with Crippen LogP contribution in [0.5, 0.6) is 11.5 Å². The Balaban J connectivity index is 1.79. The molecule has 4 heteroatoms. The van der Waals surface area contributed by atoms with Crippen LogP contribution < -0.4 is 4.74 Å². The van der Waals surface area contributed by atoms with Gasteiger partial charge in [0.05, 0.1) is 0 Å². The molecule has 4 nitrogen and oxygen atoms in total. The first-order valence-corrected chi connectivity index (χ1v) is 5.57. The summed E-state index contributed by atoms with van der Waals surface area (Å²) in [6.07, 6.45) is 0. The molecule has 1 aromatic heterocycles. The van der Waals surface area contributed by atoms with Gasteiger partial charge in [-0.25, -0.2) is 4.98 Å². The highest BCUT2D eigenvalue weighted by atomic mass is 16.5. The van der Waals surface area contributed by atoms with E-state index < -0.39 is 0 Å². The number of aromatic hydroxyl groups is 1. The number of rotatable bonds is 3. The average Bonchev–Trinajstić information content (AvgIpc) is 2.79. The molecule has 1 heterocycles. The van der Waals surface area contributed by atoms with Crippen molar-refractivity contribution in [2.24, 2.45) is 0 Å². The van der Waals surface area contributed by atoms with Crippen molar-refractivity contribution in [3.05, 3.63) is 54.4 Å². The minimum atomic E-state index is 0.161. The third-order valence-corrected chi connectivity index (χ3v) is 2.52.